The molecule has 3 aliphatic rings. The number of fused-ring (bicyclic) bond motifs is 2. The van der Waals surface area contributed by atoms with E-state index in [1.807, 2.05) is 18.2 Å². The number of nitrogens with zero attached hydrogens (tertiary/aromatic N) is 1. The van der Waals surface area contributed by atoms with Gasteiger partial charge in [0.1, 0.15) is 23.3 Å². The Balaban J connectivity index is 1.38. The first-order chi connectivity index (χ1) is 19.8. The zero-order valence-electron chi connectivity index (χ0n) is 23.6. The zero-order valence-corrected chi connectivity index (χ0v) is 23.6. The maximum atomic E-state index is 13.9. The van der Waals surface area contributed by atoms with Gasteiger partial charge in [0, 0.05) is 43.4 Å². The first-order valence-electron chi connectivity index (χ1n) is 14.4. The summed E-state index contributed by atoms with van der Waals surface area (Å²) in [6, 6.07) is 5.30. The number of nitrogens with one attached hydrogen (secondary N) is 3. The van der Waals surface area contributed by atoms with E-state index in [1.165, 1.54) is 7.11 Å². The van der Waals surface area contributed by atoms with Crippen molar-refractivity contribution in [1.82, 2.24) is 20.5 Å². The topological polar surface area (TPSA) is 147 Å². The smallest absolute Gasteiger partial charge is 0.289 e. The summed E-state index contributed by atoms with van der Waals surface area (Å²) < 4.78 is 10.4. The van der Waals surface area contributed by atoms with Gasteiger partial charge in [-0.05, 0) is 62.1 Å². The number of hydrogen-bond acceptors (Lipinski definition) is 7. The minimum Gasteiger partial charge on any atom is -0.496 e. The number of rotatable bonds is 11. The summed E-state index contributed by atoms with van der Waals surface area (Å²) in [6.45, 7) is 0.818. The Labute approximate surface area is 238 Å². The Bertz CT molecular complexity index is 1340. The molecule has 1 aromatic heterocycles. The molecule has 11 heteroatoms. The molecule has 41 heavy (non-hydrogen) atoms. The Morgan fingerprint density at radius 1 is 1.12 bits per heavy atom. The molecule has 5 unspecified atom stereocenters. The van der Waals surface area contributed by atoms with Gasteiger partial charge in [0.2, 0.25) is 11.7 Å². The minimum absolute atomic E-state index is 0.0413. The molecule has 2 saturated carbocycles. The lowest BCUT2D eigenvalue weighted by molar-refractivity contribution is -0.141. The highest BCUT2D eigenvalue weighted by Crippen LogP contribution is 2.43. The van der Waals surface area contributed by atoms with Crippen LogP contribution < -0.4 is 15.4 Å². The van der Waals surface area contributed by atoms with Crippen LogP contribution in [0.5, 0.6) is 5.75 Å². The SMILES string of the molecule is COCCNC(=O)C(=O)C(CC1CCCC1=O)NC(=O)C1C2CCCC2CN1C(=O)c1cc2c(OC)cccc2[nH]1. The van der Waals surface area contributed by atoms with Gasteiger partial charge in [0.25, 0.3) is 11.8 Å². The first-order valence-corrected chi connectivity index (χ1v) is 14.4. The van der Waals surface area contributed by atoms with Gasteiger partial charge in [0.05, 0.1) is 19.8 Å². The summed E-state index contributed by atoms with van der Waals surface area (Å²) >= 11 is 0. The molecule has 2 aliphatic carbocycles. The van der Waals surface area contributed by atoms with Gasteiger partial charge in [0.15, 0.2) is 0 Å². The van der Waals surface area contributed by atoms with Crippen LogP contribution in [0.3, 0.4) is 0 Å². The number of Topliss-reactive ketones (excluding diaryl/α,β-unsaturated/α-hetero) is 2. The van der Waals surface area contributed by atoms with Crippen molar-refractivity contribution in [2.75, 3.05) is 33.9 Å². The van der Waals surface area contributed by atoms with E-state index in [0.29, 0.717) is 30.8 Å². The monoisotopic (exact) mass is 566 g/mol. The molecule has 3 fully saturated rings. The molecule has 3 amide bonds. The molecule has 3 N–H and O–H groups in total. The Kier molecular flexibility index (Phi) is 8.72. The van der Waals surface area contributed by atoms with Crippen molar-refractivity contribution in [3.8, 4) is 5.75 Å². The number of carbonyl (C=O) groups is 5. The zero-order chi connectivity index (χ0) is 29.1. The number of carbonyl (C=O) groups excluding carboxylic acids is 5. The molecule has 0 bridgehead atoms. The molecule has 11 nitrogen and oxygen atoms in total. The van der Waals surface area contributed by atoms with Crippen LogP contribution >= 0.6 is 0 Å². The van der Waals surface area contributed by atoms with Gasteiger partial charge in [-0.1, -0.05) is 12.5 Å². The molecule has 2 heterocycles. The standard InChI is InChI=1S/C30H38N4O7/c1-40-13-12-31-29(38)27(36)22(14-17-6-4-10-24(17)35)33-28(37)26-19-8-3-7-18(19)16-34(26)30(39)23-15-20-21(32-23)9-5-11-25(20)41-2/h5,9,11,15,17-19,22,26,32H,3-4,6-8,10,12-14,16H2,1-2H3,(H,31,38)(H,33,37). The Morgan fingerprint density at radius 2 is 1.95 bits per heavy atom. The molecular formula is C30H38N4O7. The van der Waals surface area contributed by atoms with Crippen molar-refractivity contribution in [2.45, 2.75) is 57.0 Å². The highest BCUT2D eigenvalue weighted by atomic mass is 16.5. The van der Waals surface area contributed by atoms with Crippen LogP contribution in [0.1, 0.15) is 55.4 Å². The number of benzene rings is 1. The highest BCUT2D eigenvalue weighted by molar-refractivity contribution is 6.38. The highest BCUT2D eigenvalue weighted by Gasteiger charge is 2.50. The lowest BCUT2D eigenvalue weighted by Crippen LogP contribution is -2.55. The van der Waals surface area contributed by atoms with Crippen LogP contribution in [-0.4, -0.2) is 85.2 Å². The van der Waals surface area contributed by atoms with Crippen LogP contribution in [0.25, 0.3) is 10.9 Å². The van der Waals surface area contributed by atoms with Crippen molar-refractivity contribution < 1.29 is 33.4 Å². The average Bonchev–Trinajstić information content (AvgIpc) is 3.75. The average molecular weight is 567 g/mol. The predicted molar refractivity (Wildman–Crippen MR) is 149 cm³/mol. The second-order valence-corrected chi connectivity index (χ2v) is 11.3. The fourth-order valence-electron chi connectivity index (χ4n) is 6.85. The van der Waals surface area contributed by atoms with E-state index in [2.05, 4.69) is 15.6 Å². The Morgan fingerprint density at radius 3 is 2.68 bits per heavy atom. The molecular weight excluding hydrogens is 528 g/mol. The fourth-order valence-corrected chi connectivity index (χ4v) is 6.85. The van der Waals surface area contributed by atoms with Crippen LogP contribution in [0.4, 0.5) is 0 Å². The van der Waals surface area contributed by atoms with E-state index in [-0.39, 0.29) is 43.1 Å². The van der Waals surface area contributed by atoms with Crippen LogP contribution in [0.2, 0.25) is 0 Å². The van der Waals surface area contributed by atoms with E-state index in [1.54, 1.807) is 18.1 Å². The normalized spacial score (nSPS) is 24.3. The largest absolute Gasteiger partial charge is 0.496 e. The van der Waals surface area contributed by atoms with Gasteiger partial charge in [-0.2, -0.15) is 0 Å². The molecule has 0 radical (unpaired) electrons. The summed E-state index contributed by atoms with van der Waals surface area (Å²) in [4.78, 5) is 70.9. The molecule has 2 aromatic rings. The minimum atomic E-state index is -1.16. The van der Waals surface area contributed by atoms with Gasteiger partial charge < -0.3 is 30.0 Å². The maximum absolute atomic E-state index is 13.9. The summed E-state index contributed by atoms with van der Waals surface area (Å²) in [5, 5.41) is 6.10. The number of ketones is 2. The second-order valence-electron chi connectivity index (χ2n) is 11.3. The van der Waals surface area contributed by atoms with E-state index in [4.69, 9.17) is 9.47 Å². The lowest BCUT2D eigenvalue weighted by atomic mass is 9.91. The van der Waals surface area contributed by atoms with Crippen molar-refractivity contribution in [1.29, 1.82) is 0 Å². The van der Waals surface area contributed by atoms with E-state index >= 15 is 0 Å². The van der Waals surface area contributed by atoms with E-state index in [0.717, 1.165) is 36.6 Å². The van der Waals surface area contributed by atoms with Gasteiger partial charge in [-0.25, -0.2) is 0 Å². The number of aromatic nitrogens is 1. The van der Waals surface area contributed by atoms with Crippen LogP contribution in [0.15, 0.2) is 24.3 Å². The number of aromatic amines is 1. The van der Waals surface area contributed by atoms with Crippen molar-refractivity contribution >= 4 is 40.2 Å². The molecule has 5 rings (SSSR count). The third-order valence-corrected chi connectivity index (χ3v) is 8.89. The summed E-state index contributed by atoms with van der Waals surface area (Å²) in [7, 11) is 3.06. The van der Waals surface area contributed by atoms with E-state index < -0.39 is 35.6 Å². The number of hydrogen-bond donors (Lipinski definition) is 3. The quantitative estimate of drug-likeness (QED) is 0.278. The summed E-state index contributed by atoms with van der Waals surface area (Å²) in [5.41, 5.74) is 1.10. The predicted octanol–water partition coefficient (Wildman–Crippen LogP) is 1.99. The molecule has 0 spiro atoms. The second kappa shape index (κ2) is 12.4. The number of ether oxygens (including phenoxy) is 2. The molecule has 220 valence electrons. The van der Waals surface area contributed by atoms with Gasteiger partial charge in [-0.3, -0.25) is 24.0 Å². The third kappa shape index (κ3) is 5.86. The number of H-pyrrole nitrogens is 1. The number of amides is 3. The molecule has 1 aromatic carbocycles. The number of methoxy groups -OCH3 is 2. The first kappa shape index (κ1) is 28.8. The fraction of sp³-hybridized carbons (Fsp3) is 0.567. The van der Waals surface area contributed by atoms with Crippen molar-refractivity contribution in [3.05, 3.63) is 30.0 Å². The number of likely N-dealkylation sites (tertiary alicyclic amines) is 1. The molecule has 5 atom stereocenters. The third-order valence-electron chi connectivity index (χ3n) is 8.89. The lowest BCUT2D eigenvalue weighted by Gasteiger charge is -2.29. The maximum Gasteiger partial charge on any atom is 0.289 e. The Hall–Kier alpha value is -3.73. The van der Waals surface area contributed by atoms with Gasteiger partial charge in [-0.15, -0.1) is 0 Å². The van der Waals surface area contributed by atoms with Gasteiger partial charge >= 0.3 is 0 Å². The van der Waals surface area contributed by atoms with Crippen LogP contribution in [-0.2, 0) is 23.9 Å². The summed E-state index contributed by atoms with van der Waals surface area (Å²) in [5.74, 6) is -1.97. The molecule has 1 aliphatic heterocycles. The van der Waals surface area contributed by atoms with E-state index in [9.17, 15) is 24.0 Å². The van der Waals surface area contributed by atoms with Crippen LogP contribution in [0, 0.1) is 17.8 Å². The summed E-state index contributed by atoms with van der Waals surface area (Å²) in [6.07, 6.45) is 4.52. The van der Waals surface area contributed by atoms with Crippen molar-refractivity contribution in [2.24, 2.45) is 17.8 Å². The molecule has 1 saturated heterocycles. The van der Waals surface area contributed by atoms with Crippen molar-refractivity contribution in [3.63, 3.8) is 0 Å².